The van der Waals surface area contributed by atoms with Crippen molar-refractivity contribution in [3.8, 4) is 11.8 Å². The van der Waals surface area contributed by atoms with Crippen molar-refractivity contribution in [3.63, 3.8) is 0 Å². The van der Waals surface area contributed by atoms with E-state index >= 15 is 0 Å². The maximum Gasteiger partial charge on any atom is 0.258 e. The predicted octanol–water partition coefficient (Wildman–Crippen LogP) is 3.02. The van der Waals surface area contributed by atoms with Gasteiger partial charge in [0.05, 0.1) is 23.4 Å². The van der Waals surface area contributed by atoms with Crippen molar-refractivity contribution in [2.45, 2.75) is 17.7 Å². The molecule has 0 atom stereocenters. The maximum atomic E-state index is 11.7. The van der Waals surface area contributed by atoms with Crippen molar-refractivity contribution in [1.29, 1.82) is 0 Å². The summed E-state index contributed by atoms with van der Waals surface area (Å²) in [6.07, 6.45) is 6.68. The fourth-order valence-electron chi connectivity index (χ4n) is 2.23. The molecule has 114 valence electrons. The maximum absolute atomic E-state index is 11.7. The van der Waals surface area contributed by atoms with E-state index in [9.17, 15) is 4.79 Å². The first-order valence-electron chi connectivity index (χ1n) is 7.21. The van der Waals surface area contributed by atoms with Crippen LogP contribution in [0.15, 0.2) is 52.5 Å². The Hall–Kier alpha value is -2.58. The molecule has 2 aromatic heterocycles. The van der Waals surface area contributed by atoms with Crippen LogP contribution in [-0.4, -0.2) is 21.2 Å². The number of rotatable bonds is 3. The number of H-pyrrole nitrogens is 1. The van der Waals surface area contributed by atoms with Crippen LogP contribution < -0.4 is 5.56 Å². The zero-order valence-corrected chi connectivity index (χ0v) is 13.5. The van der Waals surface area contributed by atoms with Crippen LogP contribution in [-0.2, 0) is 6.42 Å². The molecule has 0 unspecified atom stereocenters. The van der Waals surface area contributed by atoms with Crippen LogP contribution in [0, 0.1) is 11.8 Å². The SMILES string of the molecule is CSc1cccc(CCC#Cc2cc3c(=O)[nH]cnc3cn2)c1. The minimum absolute atomic E-state index is 0.172. The van der Waals surface area contributed by atoms with Crippen LogP contribution in [0.5, 0.6) is 0 Å². The van der Waals surface area contributed by atoms with Crippen molar-refractivity contribution in [1.82, 2.24) is 15.0 Å². The van der Waals surface area contributed by atoms with Gasteiger partial charge >= 0.3 is 0 Å². The zero-order valence-electron chi connectivity index (χ0n) is 12.7. The first-order chi connectivity index (χ1) is 11.3. The quantitative estimate of drug-likeness (QED) is 0.595. The van der Waals surface area contributed by atoms with E-state index in [-0.39, 0.29) is 5.56 Å². The van der Waals surface area contributed by atoms with Gasteiger partial charge in [0.1, 0.15) is 5.69 Å². The number of benzene rings is 1. The fraction of sp³-hybridized carbons (Fsp3) is 0.167. The molecule has 5 heteroatoms. The Morgan fingerprint density at radius 2 is 2.17 bits per heavy atom. The number of aromatic amines is 1. The van der Waals surface area contributed by atoms with Crippen LogP contribution in [0.25, 0.3) is 10.9 Å². The molecule has 0 saturated heterocycles. The van der Waals surface area contributed by atoms with Gasteiger partial charge in [0.2, 0.25) is 0 Å². The van der Waals surface area contributed by atoms with E-state index in [0.29, 0.717) is 16.6 Å². The normalized spacial score (nSPS) is 10.3. The van der Waals surface area contributed by atoms with E-state index in [1.54, 1.807) is 24.0 Å². The van der Waals surface area contributed by atoms with Crippen LogP contribution >= 0.6 is 11.8 Å². The van der Waals surface area contributed by atoms with Gasteiger partial charge in [-0.2, -0.15) is 0 Å². The van der Waals surface area contributed by atoms with E-state index in [1.165, 1.54) is 16.8 Å². The first kappa shape index (κ1) is 15.3. The highest BCUT2D eigenvalue weighted by Gasteiger charge is 2.00. The van der Waals surface area contributed by atoms with Crippen LogP contribution in [0.2, 0.25) is 0 Å². The van der Waals surface area contributed by atoms with Gasteiger partial charge in [-0.15, -0.1) is 11.8 Å². The van der Waals surface area contributed by atoms with Gasteiger partial charge in [0, 0.05) is 11.3 Å². The number of pyridine rings is 1. The van der Waals surface area contributed by atoms with Crippen molar-refractivity contribution >= 4 is 22.7 Å². The lowest BCUT2D eigenvalue weighted by Gasteiger charge is -2.00. The highest BCUT2D eigenvalue weighted by atomic mass is 32.2. The van der Waals surface area contributed by atoms with Gasteiger partial charge in [0.25, 0.3) is 5.56 Å². The summed E-state index contributed by atoms with van der Waals surface area (Å²) in [6.45, 7) is 0. The number of thioether (sulfide) groups is 1. The molecule has 3 rings (SSSR count). The Balaban J connectivity index is 1.72. The molecule has 1 aromatic carbocycles. The highest BCUT2D eigenvalue weighted by molar-refractivity contribution is 7.98. The standard InChI is InChI=1S/C18H15N3OS/c1-23-15-8-4-6-13(9-15)5-2-3-7-14-10-16-17(11-19-14)20-12-21-18(16)22/h4,6,8-12H,2,5H2,1H3,(H,20,21,22). The molecule has 0 aliphatic heterocycles. The minimum atomic E-state index is -0.172. The summed E-state index contributed by atoms with van der Waals surface area (Å²) in [5, 5.41) is 0.513. The second-order valence-corrected chi connectivity index (χ2v) is 5.85. The first-order valence-corrected chi connectivity index (χ1v) is 8.44. The summed E-state index contributed by atoms with van der Waals surface area (Å²) < 4.78 is 0. The van der Waals surface area contributed by atoms with Gasteiger partial charge in [-0.1, -0.05) is 18.1 Å². The lowest BCUT2D eigenvalue weighted by Crippen LogP contribution is -2.06. The molecule has 0 aliphatic rings. The third-order valence-electron chi connectivity index (χ3n) is 3.42. The summed E-state index contributed by atoms with van der Waals surface area (Å²) in [7, 11) is 0. The molecule has 0 radical (unpaired) electrons. The molecule has 4 nitrogen and oxygen atoms in total. The van der Waals surface area contributed by atoms with Crippen LogP contribution in [0.1, 0.15) is 17.7 Å². The minimum Gasteiger partial charge on any atom is -0.313 e. The lowest BCUT2D eigenvalue weighted by molar-refractivity contribution is 1.02. The Morgan fingerprint density at radius 3 is 3.04 bits per heavy atom. The number of aryl methyl sites for hydroxylation is 1. The summed E-state index contributed by atoms with van der Waals surface area (Å²) in [5.41, 5.74) is 2.27. The number of aromatic nitrogens is 3. The number of fused-ring (bicyclic) bond motifs is 1. The molecule has 0 spiro atoms. The molecule has 0 saturated carbocycles. The van der Waals surface area contributed by atoms with Gasteiger partial charge < -0.3 is 4.98 Å². The second kappa shape index (κ2) is 7.12. The Kier molecular flexibility index (Phi) is 4.74. The zero-order chi connectivity index (χ0) is 16.1. The Labute approximate surface area is 138 Å². The molecule has 2 heterocycles. The summed E-state index contributed by atoms with van der Waals surface area (Å²) in [4.78, 5) is 23.8. The number of nitrogens with zero attached hydrogens (tertiary/aromatic N) is 2. The van der Waals surface area contributed by atoms with Crippen molar-refractivity contribution in [2.75, 3.05) is 6.26 Å². The third kappa shape index (κ3) is 3.79. The van der Waals surface area contributed by atoms with E-state index in [4.69, 9.17) is 0 Å². The third-order valence-corrected chi connectivity index (χ3v) is 4.14. The Bertz CT molecular complexity index is 953. The van der Waals surface area contributed by atoms with Crippen LogP contribution in [0.4, 0.5) is 0 Å². The molecule has 0 bridgehead atoms. The molecule has 23 heavy (non-hydrogen) atoms. The molecule has 0 aliphatic carbocycles. The molecule has 1 N–H and O–H groups in total. The topological polar surface area (TPSA) is 58.6 Å². The van der Waals surface area contributed by atoms with E-state index in [0.717, 1.165) is 12.8 Å². The molecule has 0 fully saturated rings. The average molecular weight is 321 g/mol. The molecule has 0 amide bonds. The van der Waals surface area contributed by atoms with Gasteiger partial charge in [-0.3, -0.25) is 4.79 Å². The van der Waals surface area contributed by atoms with Gasteiger partial charge in [-0.05, 0) is 42.4 Å². The smallest absolute Gasteiger partial charge is 0.258 e. The fourth-order valence-corrected chi connectivity index (χ4v) is 2.71. The largest absolute Gasteiger partial charge is 0.313 e. The van der Waals surface area contributed by atoms with Crippen LogP contribution in [0.3, 0.4) is 0 Å². The van der Waals surface area contributed by atoms with Gasteiger partial charge in [0.15, 0.2) is 0 Å². The summed E-state index contributed by atoms with van der Waals surface area (Å²) >= 11 is 1.74. The molecular formula is C18H15N3OS. The number of hydrogen-bond donors (Lipinski definition) is 1. The predicted molar refractivity (Wildman–Crippen MR) is 93.6 cm³/mol. The highest BCUT2D eigenvalue weighted by Crippen LogP contribution is 2.16. The lowest BCUT2D eigenvalue weighted by atomic mass is 10.1. The van der Waals surface area contributed by atoms with Gasteiger partial charge in [-0.25, -0.2) is 9.97 Å². The monoisotopic (exact) mass is 321 g/mol. The number of nitrogens with one attached hydrogen (secondary N) is 1. The Morgan fingerprint density at radius 1 is 1.26 bits per heavy atom. The summed E-state index contributed by atoms with van der Waals surface area (Å²) in [6, 6.07) is 10.2. The van der Waals surface area contributed by atoms with E-state index < -0.39 is 0 Å². The second-order valence-electron chi connectivity index (χ2n) is 4.97. The van der Waals surface area contributed by atoms with Crippen molar-refractivity contribution in [3.05, 3.63) is 64.5 Å². The van der Waals surface area contributed by atoms with Crippen molar-refractivity contribution in [2.24, 2.45) is 0 Å². The number of hydrogen-bond acceptors (Lipinski definition) is 4. The van der Waals surface area contributed by atoms with E-state index in [2.05, 4.69) is 57.3 Å². The van der Waals surface area contributed by atoms with E-state index in [1.807, 2.05) is 0 Å². The van der Waals surface area contributed by atoms with Crippen molar-refractivity contribution < 1.29 is 0 Å². The average Bonchev–Trinajstić information content (AvgIpc) is 2.59. The molecule has 3 aromatic rings. The summed E-state index contributed by atoms with van der Waals surface area (Å²) in [5.74, 6) is 6.14. The molecular weight excluding hydrogens is 306 g/mol.